The van der Waals surface area contributed by atoms with Gasteiger partial charge in [-0.3, -0.25) is 9.78 Å². The van der Waals surface area contributed by atoms with Gasteiger partial charge in [0, 0.05) is 30.5 Å². The third-order valence-electron chi connectivity index (χ3n) is 2.04. The Hall–Kier alpha value is -1.75. The first kappa shape index (κ1) is 10.8. The molecule has 82 valence electrons. The number of nitrogens with zero attached hydrogens (tertiary/aromatic N) is 3. The Balaban J connectivity index is 2.39. The molecule has 0 atom stereocenters. The summed E-state index contributed by atoms with van der Waals surface area (Å²) in [5.74, 6) is -0.259. The molecule has 0 saturated carbocycles. The van der Waals surface area contributed by atoms with Crippen LogP contribution in [0.15, 0.2) is 35.7 Å². The summed E-state index contributed by atoms with van der Waals surface area (Å²) in [6.45, 7) is 1.98. The molecule has 0 aromatic carbocycles. The summed E-state index contributed by atoms with van der Waals surface area (Å²) < 4.78 is 1.84. The van der Waals surface area contributed by atoms with Crippen molar-refractivity contribution in [3.05, 3.63) is 46.0 Å². The second kappa shape index (κ2) is 4.40. The van der Waals surface area contributed by atoms with Gasteiger partial charge in [-0.05, 0) is 19.1 Å². The lowest BCUT2D eigenvalue weighted by Gasteiger charge is -1.92. The van der Waals surface area contributed by atoms with E-state index in [9.17, 15) is 4.79 Å². The SMILES string of the molecule is Cc1cn(C)c(=NC(=O)c2cccnc2)s1. The fourth-order valence-electron chi connectivity index (χ4n) is 1.31. The van der Waals surface area contributed by atoms with E-state index in [2.05, 4.69) is 9.98 Å². The Labute approximate surface area is 96.9 Å². The van der Waals surface area contributed by atoms with Crippen LogP contribution < -0.4 is 4.80 Å². The van der Waals surface area contributed by atoms with Crippen LogP contribution in [0.3, 0.4) is 0 Å². The lowest BCUT2D eigenvalue weighted by molar-refractivity contribution is 0.0997. The van der Waals surface area contributed by atoms with E-state index in [1.807, 2.05) is 24.7 Å². The standard InChI is InChI=1S/C11H11N3OS/c1-8-7-14(2)11(16-8)13-10(15)9-4-3-5-12-6-9/h3-7H,1-2H3. The summed E-state index contributed by atoms with van der Waals surface area (Å²) in [5.41, 5.74) is 0.508. The van der Waals surface area contributed by atoms with Gasteiger partial charge in [-0.25, -0.2) is 0 Å². The Kier molecular flexibility index (Phi) is 2.96. The molecule has 2 heterocycles. The fraction of sp³-hybridized carbons (Fsp3) is 0.182. The molecule has 2 aromatic rings. The number of amides is 1. The van der Waals surface area contributed by atoms with E-state index in [0.29, 0.717) is 10.4 Å². The highest BCUT2D eigenvalue weighted by molar-refractivity contribution is 7.09. The van der Waals surface area contributed by atoms with Crippen molar-refractivity contribution in [3.63, 3.8) is 0 Å². The van der Waals surface area contributed by atoms with Crippen LogP contribution >= 0.6 is 11.3 Å². The number of rotatable bonds is 1. The minimum Gasteiger partial charge on any atom is -0.326 e. The van der Waals surface area contributed by atoms with Gasteiger partial charge >= 0.3 is 0 Å². The topological polar surface area (TPSA) is 47.2 Å². The predicted octanol–water partition coefficient (Wildman–Crippen LogP) is 1.53. The second-order valence-corrected chi connectivity index (χ2v) is 4.61. The molecular weight excluding hydrogens is 222 g/mol. The van der Waals surface area contributed by atoms with E-state index < -0.39 is 0 Å². The van der Waals surface area contributed by atoms with Crippen molar-refractivity contribution >= 4 is 17.2 Å². The van der Waals surface area contributed by atoms with Crippen LogP contribution in [0.5, 0.6) is 0 Å². The molecule has 16 heavy (non-hydrogen) atoms. The average molecular weight is 233 g/mol. The number of aryl methyl sites for hydroxylation is 2. The monoisotopic (exact) mass is 233 g/mol. The lowest BCUT2D eigenvalue weighted by Crippen LogP contribution is -2.12. The number of carbonyl (C=O) groups is 1. The van der Waals surface area contributed by atoms with Crippen molar-refractivity contribution < 1.29 is 4.79 Å². The van der Waals surface area contributed by atoms with Crippen molar-refractivity contribution in [2.75, 3.05) is 0 Å². The number of pyridine rings is 1. The first-order valence-corrected chi connectivity index (χ1v) is 5.60. The molecule has 2 aromatic heterocycles. The Morgan fingerprint density at radius 2 is 2.38 bits per heavy atom. The maximum Gasteiger partial charge on any atom is 0.281 e. The van der Waals surface area contributed by atoms with E-state index in [0.717, 1.165) is 4.88 Å². The number of aromatic nitrogens is 2. The smallest absolute Gasteiger partial charge is 0.281 e. The van der Waals surface area contributed by atoms with Crippen molar-refractivity contribution in [2.24, 2.45) is 12.0 Å². The molecule has 0 saturated heterocycles. The van der Waals surface area contributed by atoms with E-state index in [1.165, 1.54) is 17.5 Å². The molecule has 2 rings (SSSR count). The minimum absolute atomic E-state index is 0.259. The second-order valence-electron chi connectivity index (χ2n) is 3.39. The molecule has 4 nitrogen and oxygen atoms in total. The molecule has 0 spiro atoms. The summed E-state index contributed by atoms with van der Waals surface area (Å²) in [6, 6.07) is 3.43. The quantitative estimate of drug-likeness (QED) is 0.750. The molecule has 0 unspecified atom stereocenters. The Morgan fingerprint density at radius 3 is 2.94 bits per heavy atom. The van der Waals surface area contributed by atoms with Crippen LogP contribution in [-0.2, 0) is 7.05 Å². The number of hydrogen-bond donors (Lipinski definition) is 0. The Bertz CT molecular complexity index is 568. The maximum atomic E-state index is 11.8. The van der Waals surface area contributed by atoms with E-state index in [4.69, 9.17) is 0 Å². The van der Waals surface area contributed by atoms with Crippen LogP contribution in [0.4, 0.5) is 0 Å². The van der Waals surface area contributed by atoms with E-state index in [-0.39, 0.29) is 5.91 Å². The highest BCUT2D eigenvalue weighted by Crippen LogP contribution is 2.01. The number of thiazole rings is 1. The third-order valence-corrected chi connectivity index (χ3v) is 3.02. The molecule has 0 radical (unpaired) electrons. The predicted molar refractivity (Wildman–Crippen MR) is 62.2 cm³/mol. The van der Waals surface area contributed by atoms with Gasteiger partial charge < -0.3 is 4.57 Å². The molecule has 0 N–H and O–H groups in total. The highest BCUT2D eigenvalue weighted by Gasteiger charge is 2.03. The Morgan fingerprint density at radius 1 is 1.56 bits per heavy atom. The van der Waals surface area contributed by atoms with Crippen LogP contribution in [0.25, 0.3) is 0 Å². The number of hydrogen-bond acceptors (Lipinski definition) is 3. The molecule has 0 fully saturated rings. The van der Waals surface area contributed by atoms with Gasteiger partial charge in [0.05, 0.1) is 5.56 Å². The molecule has 0 aliphatic heterocycles. The maximum absolute atomic E-state index is 11.8. The molecule has 5 heteroatoms. The van der Waals surface area contributed by atoms with Gasteiger partial charge in [-0.15, -0.1) is 11.3 Å². The molecule has 1 amide bonds. The van der Waals surface area contributed by atoms with Crippen molar-refractivity contribution in [2.45, 2.75) is 6.92 Å². The summed E-state index contributed by atoms with van der Waals surface area (Å²) in [7, 11) is 1.87. The largest absolute Gasteiger partial charge is 0.326 e. The fourth-order valence-corrected chi connectivity index (χ4v) is 2.14. The first-order valence-electron chi connectivity index (χ1n) is 4.79. The summed E-state index contributed by atoms with van der Waals surface area (Å²) >= 11 is 1.49. The van der Waals surface area contributed by atoms with Gasteiger partial charge in [0.15, 0.2) is 4.80 Å². The van der Waals surface area contributed by atoms with Crippen LogP contribution in [0.1, 0.15) is 15.2 Å². The average Bonchev–Trinajstić information content (AvgIpc) is 2.59. The van der Waals surface area contributed by atoms with Crippen molar-refractivity contribution in [3.8, 4) is 0 Å². The number of carbonyl (C=O) groups excluding carboxylic acids is 1. The minimum atomic E-state index is -0.259. The van der Waals surface area contributed by atoms with Crippen LogP contribution in [0.2, 0.25) is 0 Å². The zero-order chi connectivity index (χ0) is 11.5. The third kappa shape index (κ3) is 2.25. The van der Waals surface area contributed by atoms with Gasteiger partial charge in [0.25, 0.3) is 5.91 Å². The molecule has 0 aliphatic carbocycles. The summed E-state index contributed by atoms with van der Waals surface area (Å²) in [4.78, 5) is 21.5. The molecule has 0 aliphatic rings. The van der Waals surface area contributed by atoms with Crippen molar-refractivity contribution in [1.29, 1.82) is 0 Å². The van der Waals surface area contributed by atoms with Crippen LogP contribution in [-0.4, -0.2) is 15.5 Å². The van der Waals surface area contributed by atoms with Crippen molar-refractivity contribution in [1.82, 2.24) is 9.55 Å². The zero-order valence-electron chi connectivity index (χ0n) is 9.04. The van der Waals surface area contributed by atoms with Gasteiger partial charge in [-0.2, -0.15) is 4.99 Å². The normalized spacial score (nSPS) is 11.8. The van der Waals surface area contributed by atoms with E-state index >= 15 is 0 Å². The lowest BCUT2D eigenvalue weighted by atomic mass is 10.3. The highest BCUT2D eigenvalue weighted by atomic mass is 32.1. The summed E-state index contributed by atoms with van der Waals surface area (Å²) in [6.07, 6.45) is 5.10. The van der Waals surface area contributed by atoms with E-state index in [1.54, 1.807) is 18.3 Å². The summed E-state index contributed by atoms with van der Waals surface area (Å²) in [5, 5.41) is 0. The first-order chi connectivity index (χ1) is 7.66. The molecule has 0 bridgehead atoms. The van der Waals surface area contributed by atoms with Gasteiger partial charge in [0.2, 0.25) is 0 Å². The van der Waals surface area contributed by atoms with Gasteiger partial charge in [-0.1, -0.05) is 0 Å². The van der Waals surface area contributed by atoms with Crippen LogP contribution in [0, 0.1) is 6.92 Å². The van der Waals surface area contributed by atoms with Gasteiger partial charge in [0.1, 0.15) is 0 Å². The zero-order valence-corrected chi connectivity index (χ0v) is 9.86. The molecular formula is C11H11N3OS.